The Morgan fingerprint density at radius 3 is 2.17 bits per heavy atom. The number of hydrogen-bond donors (Lipinski definition) is 2. The Labute approximate surface area is 108 Å². The van der Waals surface area contributed by atoms with E-state index >= 15 is 0 Å². The van der Waals surface area contributed by atoms with Gasteiger partial charge in [-0.1, -0.05) is 30.3 Å². The first kappa shape index (κ1) is 12.7. The highest BCUT2D eigenvalue weighted by Gasteiger charge is 2.15. The summed E-state index contributed by atoms with van der Waals surface area (Å²) in [6, 6.07) is 16.3. The molecule has 0 aliphatic rings. The fraction of sp³-hybridized carbons (Fsp3) is 0.250. The fourth-order valence-electron chi connectivity index (χ4n) is 1.91. The summed E-state index contributed by atoms with van der Waals surface area (Å²) in [5.41, 5.74) is 3.49. The smallest absolute Gasteiger partial charge is 0.0840 e. The summed E-state index contributed by atoms with van der Waals surface area (Å²) in [6.45, 7) is 3.60. The van der Waals surface area contributed by atoms with Crippen molar-refractivity contribution in [3.8, 4) is 11.1 Å². The zero-order chi connectivity index (χ0) is 13.2. The van der Waals surface area contributed by atoms with Gasteiger partial charge in [-0.05, 0) is 48.7 Å². The molecule has 0 bridgehead atoms. The highest BCUT2D eigenvalue weighted by Crippen LogP contribution is 2.26. The Balaban J connectivity index is 2.38. The molecule has 0 aliphatic carbocycles. The van der Waals surface area contributed by atoms with E-state index < -0.39 is 5.60 Å². The quantitative estimate of drug-likeness (QED) is 0.860. The number of hydrogen-bond acceptors (Lipinski definition) is 2. The molecule has 2 aromatic rings. The molecule has 0 amide bonds. The molecule has 0 aromatic heterocycles. The van der Waals surface area contributed by atoms with Gasteiger partial charge in [0.05, 0.1) is 5.60 Å². The lowest BCUT2D eigenvalue weighted by Crippen LogP contribution is -2.15. The van der Waals surface area contributed by atoms with Crippen molar-refractivity contribution in [2.45, 2.75) is 19.4 Å². The second kappa shape index (κ2) is 4.83. The molecule has 18 heavy (non-hydrogen) atoms. The average Bonchev–Trinajstić information content (AvgIpc) is 2.38. The Morgan fingerprint density at radius 2 is 1.61 bits per heavy atom. The van der Waals surface area contributed by atoms with E-state index in [0.29, 0.717) is 0 Å². The normalized spacial score (nSPS) is 11.3. The number of aliphatic hydroxyl groups is 1. The monoisotopic (exact) mass is 241 g/mol. The van der Waals surface area contributed by atoms with E-state index in [4.69, 9.17) is 0 Å². The molecule has 94 valence electrons. The van der Waals surface area contributed by atoms with Gasteiger partial charge < -0.3 is 10.4 Å². The van der Waals surface area contributed by atoms with Crippen LogP contribution >= 0.6 is 0 Å². The topological polar surface area (TPSA) is 32.3 Å². The van der Waals surface area contributed by atoms with Crippen molar-refractivity contribution >= 4 is 5.69 Å². The maximum atomic E-state index is 10.0. The molecule has 0 atom stereocenters. The Kier molecular flexibility index (Phi) is 3.39. The molecule has 0 heterocycles. The van der Waals surface area contributed by atoms with Gasteiger partial charge in [-0.3, -0.25) is 0 Å². The summed E-state index contributed by atoms with van der Waals surface area (Å²) in [6.07, 6.45) is 0. The lowest BCUT2D eigenvalue weighted by molar-refractivity contribution is 0.0786. The zero-order valence-electron chi connectivity index (χ0n) is 11.1. The first-order chi connectivity index (χ1) is 8.50. The largest absolute Gasteiger partial charge is 0.388 e. The van der Waals surface area contributed by atoms with Gasteiger partial charge in [-0.15, -0.1) is 0 Å². The fourth-order valence-corrected chi connectivity index (χ4v) is 1.91. The summed E-state index contributed by atoms with van der Waals surface area (Å²) in [5, 5.41) is 13.1. The molecule has 2 heteroatoms. The third-order valence-corrected chi connectivity index (χ3v) is 3.08. The molecule has 2 aromatic carbocycles. The highest BCUT2D eigenvalue weighted by molar-refractivity contribution is 5.66. The third kappa shape index (κ3) is 2.71. The van der Waals surface area contributed by atoms with Crippen molar-refractivity contribution in [2.75, 3.05) is 12.4 Å². The summed E-state index contributed by atoms with van der Waals surface area (Å²) >= 11 is 0. The van der Waals surface area contributed by atoms with Crippen LogP contribution in [-0.2, 0) is 5.60 Å². The summed E-state index contributed by atoms with van der Waals surface area (Å²) < 4.78 is 0. The van der Waals surface area contributed by atoms with Gasteiger partial charge in [0.15, 0.2) is 0 Å². The molecule has 0 fully saturated rings. The van der Waals surface area contributed by atoms with Crippen LogP contribution < -0.4 is 5.32 Å². The van der Waals surface area contributed by atoms with E-state index in [1.54, 1.807) is 13.8 Å². The predicted molar refractivity (Wildman–Crippen MR) is 76.7 cm³/mol. The van der Waals surface area contributed by atoms with Gasteiger partial charge >= 0.3 is 0 Å². The molecular weight excluding hydrogens is 222 g/mol. The van der Waals surface area contributed by atoms with Gasteiger partial charge in [0.2, 0.25) is 0 Å². The van der Waals surface area contributed by atoms with Crippen LogP contribution in [0.15, 0.2) is 48.5 Å². The molecule has 2 nitrogen and oxygen atoms in total. The zero-order valence-corrected chi connectivity index (χ0v) is 11.1. The van der Waals surface area contributed by atoms with Crippen LogP contribution in [0.2, 0.25) is 0 Å². The summed E-state index contributed by atoms with van der Waals surface area (Å²) in [7, 11) is 1.91. The minimum absolute atomic E-state index is 0.805. The Morgan fingerprint density at radius 1 is 0.944 bits per heavy atom. The molecule has 0 saturated carbocycles. The Bertz CT molecular complexity index is 524. The molecule has 2 rings (SSSR count). The lowest BCUT2D eigenvalue weighted by Gasteiger charge is -2.18. The number of rotatable bonds is 3. The van der Waals surface area contributed by atoms with Crippen molar-refractivity contribution < 1.29 is 5.11 Å². The predicted octanol–water partition coefficient (Wildman–Crippen LogP) is 3.62. The summed E-state index contributed by atoms with van der Waals surface area (Å²) in [5.74, 6) is 0. The minimum atomic E-state index is -0.805. The molecule has 0 radical (unpaired) electrons. The van der Waals surface area contributed by atoms with Crippen molar-refractivity contribution in [3.05, 3.63) is 54.1 Å². The molecule has 0 unspecified atom stereocenters. The maximum absolute atomic E-state index is 10.0. The van der Waals surface area contributed by atoms with Gasteiger partial charge in [0.25, 0.3) is 0 Å². The van der Waals surface area contributed by atoms with Gasteiger partial charge in [0.1, 0.15) is 0 Å². The minimum Gasteiger partial charge on any atom is -0.388 e. The molecule has 0 aliphatic heterocycles. The van der Waals surface area contributed by atoms with Crippen LogP contribution in [0.5, 0.6) is 0 Å². The van der Waals surface area contributed by atoms with E-state index in [9.17, 15) is 5.11 Å². The Hall–Kier alpha value is -1.80. The summed E-state index contributed by atoms with van der Waals surface area (Å²) in [4.78, 5) is 0. The van der Waals surface area contributed by atoms with Crippen molar-refractivity contribution in [3.63, 3.8) is 0 Å². The van der Waals surface area contributed by atoms with Crippen LogP contribution in [0.4, 0.5) is 5.69 Å². The molecular formula is C16H19NO. The van der Waals surface area contributed by atoms with Crippen LogP contribution in [0.1, 0.15) is 19.4 Å². The van der Waals surface area contributed by atoms with Crippen LogP contribution in [0, 0.1) is 0 Å². The second-order valence-corrected chi connectivity index (χ2v) is 4.97. The third-order valence-electron chi connectivity index (χ3n) is 3.08. The number of benzene rings is 2. The van der Waals surface area contributed by atoms with Crippen LogP contribution in [0.3, 0.4) is 0 Å². The number of nitrogens with one attached hydrogen (secondary N) is 1. The van der Waals surface area contributed by atoms with Gasteiger partial charge in [0, 0.05) is 12.7 Å². The average molecular weight is 241 g/mol. The van der Waals surface area contributed by atoms with Crippen molar-refractivity contribution in [1.29, 1.82) is 0 Å². The van der Waals surface area contributed by atoms with Crippen LogP contribution in [0.25, 0.3) is 11.1 Å². The van der Waals surface area contributed by atoms with Crippen molar-refractivity contribution in [2.24, 2.45) is 0 Å². The van der Waals surface area contributed by atoms with E-state index in [2.05, 4.69) is 23.5 Å². The van der Waals surface area contributed by atoms with Gasteiger partial charge in [-0.2, -0.15) is 0 Å². The standard InChI is InChI=1S/C16H19NO/c1-16(2,18)14-6-4-5-13(11-14)12-7-9-15(17-3)10-8-12/h4-11,17-18H,1-3H3. The highest BCUT2D eigenvalue weighted by atomic mass is 16.3. The maximum Gasteiger partial charge on any atom is 0.0840 e. The number of anilines is 1. The van der Waals surface area contributed by atoms with E-state index in [1.807, 2.05) is 37.4 Å². The molecule has 0 saturated heterocycles. The van der Waals surface area contributed by atoms with Gasteiger partial charge in [-0.25, -0.2) is 0 Å². The lowest BCUT2D eigenvalue weighted by atomic mass is 9.94. The SMILES string of the molecule is CNc1ccc(-c2cccc(C(C)(C)O)c2)cc1. The van der Waals surface area contributed by atoms with E-state index in [-0.39, 0.29) is 0 Å². The molecule has 2 N–H and O–H groups in total. The van der Waals surface area contributed by atoms with Crippen molar-refractivity contribution in [1.82, 2.24) is 0 Å². The first-order valence-electron chi connectivity index (χ1n) is 6.12. The van der Waals surface area contributed by atoms with E-state index in [0.717, 1.165) is 22.4 Å². The first-order valence-corrected chi connectivity index (χ1v) is 6.12. The second-order valence-electron chi connectivity index (χ2n) is 4.97. The molecule has 0 spiro atoms. The van der Waals surface area contributed by atoms with E-state index in [1.165, 1.54) is 0 Å². The van der Waals surface area contributed by atoms with Crippen LogP contribution in [-0.4, -0.2) is 12.2 Å².